The number of aromatic nitrogens is 2. The van der Waals surface area contributed by atoms with Crippen LogP contribution < -0.4 is 38.1 Å². The zero-order chi connectivity index (χ0) is 43.2. The quantitative estimate of drug-likeness (QED) is 0.0610. The minimum absolute atomic E-state index is 0.0164. The number of rotatable bonds is 20. The zero-order valence-corrected chi connectivity index (χ0v) is 34.3. The first-order valence-corrected chi connectivity index (χ1v) is 19.6. The molecular formula is C43H57N9O7. The summed E-state index contributed by atoms with van der Waals surface area (Å²) in [5.74, 6) is -3.37. The Labute approximate surface area is 344 Å². The number of nitrogens with two attached hydrogens (primary N) is 2. The van der Waals surface area contributed by atoms with Gasteiger partial charge in [0.25, 0.3) is 0 Å². The Balaban J connectivity index is 1.57. The van der Waals surface area contributed by atoms with E-state index in [2.05, 4.69) is 36.6 Å². The molecule has 0 spiro atoms. The van der Waals surface area contributed by atoms with Crippen molar-refractivity contribution in [3.05, 3.63) is 102 Å². The number of unbranched alkanes of at least 4 members (excludes halogenated alkanes) is 1. The van der Waals surface area contributed by atoms with Crippen molar-refractivity contribution in [2.45, 2.75) is 108 Å². The number of alkyl carbamates (subject to hydrolysis) is 1. The van der Waals surface area contributed by atoms with E-state index in [0.29, 0.717) is 18.5 Å². The van der Waals surface area contributed by atoms with Gasteiger partial charge in [-0.2, -0.15) is 0 Å². The van der Waals surface area contributed by atoms with Gasteiger partial charge in [0.15, 0.2) is 0 Å². The van der Waals surface area contributed by atoms with Crippen molar-refractivity contribution in [1.82, 2.24) is 36.6 Å². The fourth-order valence-electron chi connectivity index (χ4n) is 6.12. The van der Waals surface area contributed by atoms with Gasteiger partial charge >= 0.3 is 6.09 Å². The first kappa shape index (κ1) is 45.4. The van der Waals surface area contributed by atoms with Crippen LogP contribution in [0.4, 0.5) is 4.79 Å². The van der Waals surface area contributed by atoms with E-state index in [9.17, 15) is 28.8 Å². The summed E-state index contributed by atoms with van der Waals surface area (Å²) in [6.07, 6.45) is 3.56. The zero-order valence-electron chi connectivity index (χ0n) is 34.3. The molecule has 1 aromatic heterocycles. The van der Waals surface area contributed by atoms with Crippen LogP contribution in [0, 0.1) is 0 Å². The van der Waals surface area contributed by atoms with E-state index in [0.717, 1.165) is 21.9 Å². The number of imidazole rings is 1. The van der Waals surface area contributed by atoms with Crippen LogP contribution in [0.1, 0.15) is 70.7 Å². The van der Waals surface area contributed by atoms with Gasteiger partial charge in [0.1, 0.15) is 29.8 Å². The van der Waals surface area contributed by atoms with Gasteiger partial charge in [-0.05, 0) is 75.8 Å². The molecule has 4 atom stereocenters. The van der Waals surface area contributed by atoms with Crippen LogP contribution in [0.2, 0.25) is 0 Å². The van der Waals surface area contributed by atoms with E-state index < -0.39 is 70.9 Å². The van der Waals surface area contributed by atoms with Crippen molar-refractivity contribution in [2.75, 3.05) is 6.54 Å². The number of hydrogen-bond donors (Lipinski definition) is 8. The van der Waals surface area contributed by atoms with E-state index >= 15 is 0 Å². The molecular weight excluding hydrogens is 755 g/mol. The van der Waals surface area contributed by atoms with Crippen molar-refractivity contribution in [1.29, 1.82) is 0 Å². The molecule has 1 heterocycles. The highest BCUT2D eigenvalue weighted by Gasteiger charge is 2.33. The van der Waals surface area contributed by atoms with E-state index in [4.69, 9.17) is 16.2 Å². The van der Waals surface area contributed by atoms with Gasteiger partial charge in [0, 0.05) is 37.7 Å². The molecule has 0 aliphatic rings. The van der Waals surface area contributed by atoms with Crippen LogP contribution >= 0.6 is 0 Å². The largest absolute Gasteiger partial charge is 0.444 e. The fraction of sp³-hybridized carbons (Fsp3) is 0.419. The lowest BCUT2D eigenvalue weighted by Crippen LogP contribution is -2.60. The minimum Gasteiger partial charge on any atom is -0.444 e. The smallest absolute Gasteiger partial charge is 0.407 e. The molecule has 316 valence electrons. The summed E-state index contributed by atoms with van der Waals surface area (Å²) in [6.45, 7) is 8.57. The van der Waals surface area contributed by atoms with Gasteiger partial charge in [0.2, 0.25) is 29.5 Å². The second kappa shape index (κ2) is 20.9. The van der Waals surface area contributed by atoms with Crippen LogP contribution in [0.5, 0.6) is 0 Å². The van der Waals surface area contributed by atoms with Crippen LogP contribution in [0.15, 0.2) is 85.3 Å². The molecule has 16 heteroatoms. The van der Waals surface area contributed by atoms with Crippen molar-refractivity contribution < 1.29 is 33.5 Å². The first-order chi connectivity index (χ1) is 27.9. The van der Waals surface area contributed by atoms with Gasteiger partial charge in [-0.1, -0.05) is 72.8 Å². The summed E-state index contributed by atoms with van der Waals surface area (Å²) < 4.78 is 5.25. The number of nitrogens with zero attached hydrogens (tertiary/aromatic N) is 1. The molecule has 4 aromatic rings. The van der Waals surface area contributed by atoms with Crippen LogP contribution in [0.25, 0.3) is 10.8 Å². The number of hydrogen-bond acceptors (Lipinski definition) is 9. The molecule has 4 unspecified atom stereocenters. The Morgan fingerprint density at radius 2 is 1.27 bits per heavy atom. The second-order valence-electron chi connectivity index (χ2n) is 16.1. The number of amides is 6. The molecule has 10 N–H and O–H groups in total. The molecule has 59 heavy (non-hydrogen) atoms. The number of carbonyl (C=O) groups is 6. The molecule has 0 radical (unpaired) electrons. The third-order valence-electron chi connectivity index (χ3n) is 9.24. The van der Waals surface area contributed by atoms with E-state index in [1.54, 1.807) is 45.0 Å². The Bertz CT molecular complexity index is 2040. The number of ether oxygens (including phenoxy) is 1. The summed E-state index contributed by atoms with van der Waals surface area (Å²) in [5.41, 5.74) is 11.8. The van der Waals surface area contributed by atoms with Crippen molar-refractivity contribution in [3.8, 4) is 0 Å². The number of nitrogens with one attached hydrogen (secondary N) is 6. The maximum atomic E-state index is 14.4. The standard InChI is InChI=1S/C43H57N9O7/c1-42(2,3)59-41(58)47-20-12-11-17-32(36(44)53)49-37(54)33(22-27-13-7-6-8-14-27)50-38(55)34(23-28-18-19-29-15-9-10-16-30(29)21-28)51-39(56)35(24-31-25-46-26-48-31)52-40(57)43(4,5)45/h6-10,13-16,18-19,21,25-26,32-35H,11-12,17,20,22-24,45H2,1-5H3,(H2,44,53)(H,46,48)(H,47,58)(H,49,54)(H,50,55)(H,51,56)(H,52,57). The highest BCUT2D eigenvalue weighted by molar-refractivity contribution is 5.96. The molecule has 0 fully saturated rings. The fourth-order valence-corrected chi connectivity index (χ4v) is 6.12. The molecule has 0 saturated heterocycles. The summed E-state index contributed by atoms with van der Waals surface area (Å²) in [4.78, 5) is 87.0. The molecule has 16 nitrogen and oxygen atoms in total. The summed E-state index contributed by atoms with van der Waals surface area (Å²) in [6, 6.07) is 17.7. The number of fused-ring (bicyclic) bond motifs is 1. The van der Waals surface area contributed by atoms with Crippen LogP contribution in [-0.4, -0.2) is 87.4 Å². The monoisotopic (exact) mass is 811 g/mol. The third-order valence-corrected chi connectivity index (χ3v) is 9.24. The number of benzene rings is 3. The highest BCUT2D eigenvalue weighted by Crippen LogP contribution is 2.18. The van der Waals surface area contributed by atoms with E-state index in [1.165, 1.54) is 26.4 Å². The van der Waals surface area contributed by atoms with Gasteiger partial charge in [-0.25, -0.2) is 9.78 Å². The van der Waals surface area contributed by atoms with Crippen molar-refractivity contribution in [2.24, 2.45) is 11.5 Å². The van der Waals surface area contributed by atoms with Crippen LogP contribution in [0.3, 0.4) is 0 Å². The summed E-state index contributed by atoms with van der Waals surface area (Å²) >= 11 is 0. The Kier molecular flexibility index (Phi) is 16.1. The van der Waals surface area contributed by atoms with Crippen molar-refractivity contribution >= 4 is 46.4 Å². The lowest BCUT2D eigenvalue weighted by molar-refractivity contribution is -0.134. The Morgan fingerprint density at radius 3 is 1.85 bits per heavy atom. The minimum atomic E-state index is -1.31. The summed E-state index contributed by atoms with van der Waals surface area (Å²) in [5, 5.41) is 15.6. The lowest BCUT2D eigenvalue weighted by Gasteiger charge is -2.27. The van der Waals surface area contributed by atoms with E-state index in [1.807, 2.05) is 48.5 Å². The van der Waals surface area contributed by atoms with Gasteiger partial charge in [-0.15, -0.1) is 0 Å². The molecule has 0 aliphatic heterocycles. The molecule has 4 rings (SSSR count). The first-order valence-electron chi connectivity index (χ1n) is 19.6. The molecule has 0 bridgehead atoms. The molecule has 0 aliphatic carbocycles. The predicted molar refractivity (Wildman–Crippen MR) is 223 cm³/mol. The summed E-state index contributed by atoms with van der Waals surface area (Å²) in [7, 11) is 0. The van der Waals surface area contributed by atoms with Gasteiger partial charge in [0.05, 0.1) is 11.9 Å². The molecule has 3 aromatic carbocycles. The average Bonchev–Trinajstić information content (AvgIpc) is 3.69. The Hall–Kier alpha value is -6.29. The molecule has 6 amide bonds. The highest BCUT2D eigenvalue weighted by atomic mass is 16.6. The third kappa shape index (κ3) is 15.2. The van der Waals surface area contributed by atoms with Crippen LogP contribution in [-0.2, 0) is 48.0 Å². The average molecular weight is 812 g/mol. The topological polar surface area (TPSA) is 253 Å². The number of primary amides is 1. The Morgan fingerprint density at radius 1 is 0.695 bits per heavy atom. The molecule has 0 saturated carbocycles. The number of H-pyrrole nitrogens is 1. The SMILES string of the molecule is CC(C)(C)OC(=O)NCCCCC(NC(=O)C(Cc1ccccc1)NC(=O)C(Cc1ccc2ccccc2c1)NC(=O)C(Cc1cnc[nH]1)NC(=O)C(C)(C)N)C(N)=O. The number of carbonyl (C=O) groups excluding carboxylic acids is 6. The van der Waals surface area contributed by atoms with Gasteiger partial charge < -0.3 is 47.8 Å². The predicted octanol–water partition coefficient (Wildman–Crippen LogP) is 2.45. The number of aromatic amines is 1. The van der Waals surface area contributed by atoms with Crippen molar-refractivity contribution in [3.63, 3.8) is 0 Å². The maximum absolute atomic E-state index is 14.4. The van der Waals surface area contributed by atoms with Gasteiger partial charge in [-0.3, -0.25) is 24.0 Å². The lowest BCUT2D eigenvalue weighted by atomic mass is 9.99. The maximum Gasteiger partial charge on any atom is 0.407 e. The second-order valence-corrected chi connectivity index (χ2v) is 16.1. The van der Waals surface area contributed by atoms with E-state index in [-0.39, 0.29) is 32.2 Å². The normalized spacial score (nSPS) is 13.6.